The van der Waals surface area contributed by atoms with E-state index in [1.807, 2.05) is 36.4 Å². The number of anilines is 1. The molecule has 0 aliphatic heterocycles. The zero-order chi connectivity index (χ0) is 15.3. The predicted molar refractivity (Wildman–Crippen MR) is 82.2 cm³/mol. The van der Waals surface area contributed by atoms with Gasteiger partial charge >= 0.3 is 12.0 Å². The summed E-state index contributed by atoms with van der Waals surface area (Å²) in [5.41, 5.74) is 0.455. The maximum Gasteiger partial charge on any atom is 0.323 e. The third kappa shape index (κ3) is 5.32. The van der Waals surface area contributed by atoms with Crippen LogP contribution >= 0.6 is 22.6 Å². The summed E-state index contributed by atoms with van der Waals surface area (Å²) in [4.78, 5) is 24.1. The van der Waals surface area contributed by atoms with Crippen molar-refractivity contribution < 1.29 is 19.1 Å². The first-order chi connectivity index (χ1) is 9.29. The summed E-state index contributed by atoms with van der Waals surface area (Å²) in [6.45, 7) is 3.74. The van der Waals surface area contributed by atoms with Crippen molar-refractivity contribution in [2.75, 3.05) is 18.4 Å². The van der Waals surface area contributed by atoms with E-state index in [1.165, 1.54) is 23.1 Å². The van der Waals surface area contributed by atoms with Gasteiger partial charge in [0.25, 0.3) is 0 Å². The van der Waals surface area contributed by atoms with Crippen molar-refractivity contribution in [2.24, 2.45) is 5.92 Å². The van der Waals surface area contributed by atoms with Crippen LogP contribution in [0.15, 0.2) is 18.2 Å². The average Bonchev–Trinajstić information content (AvgIpc) is 2.30. The molecule has 0 saturated carbocycles. The minimum Gasteiger partial charge on any atom is -0.480 e. The standard InChI is InChI=1S/C13H16FIN2O3/c1-8(2)6-17(7-12(18)19)13(20)16-11-4-3-9(14)5-10(11)15/h3-5,8H,6-7H2,1-2H3,(H,16,20)(H,18,19). The van der Waals surface area contributed by atoms with E-state index in [9.17, 15) is 14.0 Å². The number of rotatable bonds is 5. The van der Waals surface area contributed by atoms with E-state index in [1.54, 1.807) is 0 Å². The summed E-state index contributed by atoms with van der Waals surface area (Å²) in [6, 6.07) is 3.47. The highest BCUT2D eigenvalue weighted by Crippen LogP contribution is 2.19. The van der Waals surface area contributed by atoms with Crippen LogP contribution in [-0.2, 0) is 4.79 Å². The van der Waals surface area contributed by atoms with Gasteiger partial charge in [0.15, 0.2) is 0 Å². The number of carbonyl (C=O) groups is 2. The van der Waals surface area contributed by atoms with E-state index >= 15 is 0 Å². The Morgan fingerprint density at radius 1 is 1.45 bits per heavy atom. The highest BCUT2D eigenvalue weighted by molar-refractivity contribution is 14.1. The average molecular weight is 394 g/mol. The van der Waals surface area contributed by atoms with Crippen LogP contribution in [0.4, 0.5) is 14.9 Å². The lowest BCUT2D eigenvalue weighted by atomic mass is 10.2. The Morgan fingerprint density at radius 3 is 2.60 bits per heavy atom. The Hall–Kier alpha value is -1.38. The fourth-order valence-corrected chi connectivity index (χ4v) is 2.22. The molecule has 1 aromatic rings. The molecule has 0 aliphatic carbocycles. The van der Waals surface area contributed by atoms with Crippen LogP contribution in [0.3, 0.4) is 0 Å². The minimum atomic E-state index is -1.07. The van der Waals surface area contributed by atoms with Gasteiger partial charge in [0.2, 0.25) is 0 Å². The van der Waals surface area contributed by atoms with Crippen LogP contribution in [0.25, 0.3) is 0 Å². The van der Waals surface area contributed by atoms with Gasteiger partial charge < -0.3 is 15.3 Å². The molecular weight excluding hydrogens is 378 g/mol. The quantitative estimate of drug-likeness (QED) is 0.755. The van der Waals surface area contributed by atoms with Gasteiger partial charge in [0.05, 0.1) is 5.69 Å². The van der Waals surface area contributed by atoms with E-state index in [2.05, 4.69) is 5.32 Å². The van der Waals surface area contributed by atoms with Crippen molar-refractivity contribution in [2.45, 2.75) is 13.8 Å². The van der Waals surface area contributed by atoms with E-state index < -0.39 is 17.8 Å². The van der Waals surface area contributed by atoms with Gasteiger partial charge in [0.1, 0.15) is 12.4 Å². The maximum absolute atomic E-state index is 13.0. The summed E-state index contributed by atoms with van der Waals surface area (Å²) < 4.78 is 13.5. The molecule has 0 spiro atoms. The molecule has 2 N–H and O–H groups in total. The van der Waals surface area contributed by atoms with Crippen LogP contribution in [0, 0.1) is 15.3 Å². The lowest BCUT2D eigenvalue weighted by Crippen LogP contribution is -2.41. The number of urea groups is 1. The number of hydrogen-bond donors (Lipinski definition) is 2. The normalized spacial score (nSPS) is 10.4. The Morgan fingerprint density at radius 2 is 2.10 bits per heavy atom. The molecule has 0 unspecified atom stereocenters. The minimum absolute atomic E-state index is 0.146. The number of carboxylic acid groups (broad SMARTS) is 1. The summed E-state index contributed by atoms with van der Waals surface area (Å²) in [5.74, 6) is -1.32. The second-order valence-electron chi connectivity index (χ2n) is 4.72. The molecular formula is C13H16FIN2O3. The number of nitrogens with zero attached hydrogens (tertiary/aromatic N) is 1. The van der Waals surface area contributed by atoms with Crippen molar-refractivity contribution in [1.29, 1.82) is 0 Å². The fourth-order valence-electron chi connectivity index (χ4n) is 1.61. The second-order valence-corrected chi connectivity index (χ2v) is 5.88. The van der Waals surface area contributed by atoms with Gasteiger partial charge in [0, 0.05) is 10.1 Å². The van der Waals surface area contributed by atoms with Gasteiger partial charge in [-0.3, -0.25) is 4.79 Å². The third-order valence-corrected chi connectivity index (χ3v) is 3.26. The number of aliphatic carboxylic acids is 1. The molecule has 0 fully saturated rings. The van der Waals surface area contributed by atoms with Crippen molar-refractivity contribution in [3.8, 4) is 0 Å². The van der Waals surface area contributed by atoms with Crippen molar-refractivity contribution in [1.82, 2.24) is 4.90 Å². The first-order valence-electron chi connectivity index (χ1n) is 6.02. The molecule has 0 saturated heterocycles. The maximum atomic E-state index is 13.0. The number of benzene rings is 1. The molecule has 0 radical (unpaired) electrons. The predicted octanol–water partition coefficient (Wildman–Crippen LogP) is 3.00. The molecule has 1 aromatic carbocycles. The number of amides is 2. The molecule has 0 heterocycles. The summed E-state index contributed by atoms with van der Waals surface area (Å²) in [6.07, 6.45) is 0. The molecule has 1 rings (SSSR count). The van der Waals surface area contributed by atoms with E-state index in [0.29, 0.717) is 15.8 Å². The Kier molecular flexibility index (Phi) is 6.18. The Labute approximate surface area is 130 Å². The van der Waals surface area contributed by atoms with Gasteiger partial charge in [-0.15, -0.1) is 0 Å². The first-order valence-corrected chi connectivity index (χ1v) is 7.10. The molecule has 7 heteroatoms. The van der Waals surface area contributed by atoms with E-state index in [-0.39, 0.29) is 12.5 Å². The summed E-state index contributed by atoms with van der Waals surface area (Å²) >= 11 is 1.90. The number of hydrogen-bond acceptors (Lipinski definition) is 2. The topological polar surface area (TPSA) is 69.6 Å². The molecule has 2 amide bonds. The van der Waals surface area contributed by atoms with Crippen LogP contribution in [0.1, 0.15) is 13.8 Å². The molecule has 0 aromatic heterocycles. The van der Waals surface area contributed by atoms with Crippen LogP contribution in [0.2, 0.25) is 0 Å². The van der Waals surface area contributed by atoms with Crippen LogP contribution in [-0.4, -0.2) is 35.1 Å². The van der Waals surface area contributed by atoms with Crippen molar-refractivity contribution in [3.63, 3.8) is 0 Å². The highest BCUT2D eigenvalue weighted by Gasteiger charge is 2.18. The zero-order valence-corrected chi connectivity index (χ0v) is 13.3. The molecule has 0 aliphatic rings. The summed E-state index contributed by atoms with van der Waals surface area (Å²) in [5, 5.41) is 11.4. The molecule has 5 nitrogen and oxygen atoms in total. The zero-order valence-electron chi connectivity index (χ0n) is 11.2. The smallest absolute Gasteiger partial charge is 0.323 e. The van der Waals surface area contributed by atoms with Crippen molar-refractivity contribution in [3.05, 3.63) is 27.6 Å². The van der Waals surface area contributed by atoms with Gasteiger partial charge in [-0.1, -0.05) is 13.8 Å². The van der Waals surface area contributed by atoms with Crippen molar-refractivity contribution >= 4 is 40.3 Å². The number of halogens is 2. The summed E-state index contributed by atoms with van der Waals surface area (Å²) in [7, 11) is 0. The molecule has 0 atom stereocenters. The van der Waals surface area contributed by atoms with Crippen LogP contribution in [0.5, 0.6) is 0 Å². The lowest BCUT2D eigenvalue weighted by molar-refractivity contribution is -0.137. The largest absolute Gasteiger partial charge is 0.480 e. The third-order valence-electron chi connectivity index (χ3n) is 2.37. The molecule has 0 bridgehead atoms. The fraction of sp³-hybridized carbons (Fsp3) is 0.385. The number of nitrogens with one attached hydrogen (secondary N) is 1. The van der Waals surface area contributed by atoms with E-state index in [4.69, 9.17) is 5.11 Å². The second kappa shape index (κ2) is 7.41. The molecule has 20 heavy (non-hydrogen) atoms. The van der Waals surface area contributed by atoms with Gasteiger partial charge in [-0.25, -0.2) is 9.18 Å². The number of carboxylic acids is 1. The van der Waals surface area contributed by atoms with Gasteiger partial charge in [-0.05, 0) is 46.7 Å². The number of carbonyl (C=O) groups excluding carboxylic acids is 1. The van der Waals surface area contributed by atoms with Gasteiger partial charge in [-0.2, -0.15) is 0 Å². The molecule has 110 valence electrons. The SMILES string of the molecule is CC(C)CN(CC(=O)O)C(=O)Nc1ccc(F)cc1I. The lowest BCUT2D eigenvalue weighted by Gasteiger charge is -2.23. The first kappa shape index (κ1) is 16.7. The monoisotopic (exact) mass is 394 g/mol. The van der Waals surface area contributed by atoms with Crippen LogP contribution < -0.4 is 5.32 Å². The highest BCUT2D eigenvalue weighted by atomic mass is 127. The Bertz CT molecular complexity index is 508. The van der Waals surface area contributed by atoms with E-state index in [0.717, 1.165) is 0 Å². The Balaban J connectivity index is 2.81.